The normalized spacial score (nSPS) is 14.3. The molecule has 1 fully saturated rings. The summed E-state index contributed by atoms with van der Waals surface area (Å²) in [5.74, 6) is -1.46. The van der Waals surface area contributed by atoms with Crippen molar-refractivity contribution in [3.8, 4) is 0 Å². The molecule has 1 N–H and O–H groups in total. The molecule has 15 heavy (non-hydrogen) atoms. The number of hydrogen-bond acceptors (Lipinski definition) is 6. The summed E-state index contributed by atoms with van der Waals surface area (Å²) in [7, 11) is 0. The molecule has 0 aromatic carbocycles. The summed E-state index contributed by atoms with van der Waals surface area (Å²) in [6.45, 7) is 1.59. The Balaban J connectivity index is 0.000000583. The lowest BCUT2D eigenvalue weighted by Crippen LogP contribution is -2.31. The molecule has 8 nitrogen and oxygen atoms in total. The van der Waals surface area contributed by atoms with E-state index >= 15 is 0 Å². The van der Waals surface area contributed by atoms with E-state index in [0.29, 0.717) is 5.06 Å². The maximum atomic E-state index is 10.9. The maximum absolute atomic E-state index is 10.9. The van der Waals surface area contributed by atoms with Gasteiger partial charge < -0.3 is 10.0 Å². The molecule has 0 unspecified atom stereocenters. The Morgan fingerprint density at radius 1 is 1.47 bits per heavy atom. The highest BCUT2D eigenvalue weighted by molar-refractivity contribution is 6.01. The topological polar surface area (TPSA) is 113 Å². The highest BCUT2D eigenvalue weighted by Crippen LogP contribution is 2.12. The van der Waals surface area contributed by atoms with Crippen LogP contribution in [0, 0.1) is 4.91 Å². The van der Waals surface area contributed by atoms with Gasteiger partial charge >= 0.3 is 5.97 Å². The number of hydrogen-bond donors (Lipinski definition) is 1. The molecule has 1 aliphatic heterocycles. The lowest BCUT2D eigenvalue weighted by molar-refractivity contribution is -0.197. The Morgan fingerprint density at radius 3 is 2.20 bits per heavy atom. The van der Waals surface area contributed by atoms with Crippen LogP contribution in [0.25, 0.3) is 0 Å². The average molecular weight is 218 g/mol. The van der Waals surface area contributed by atoms with E-state index in [2.05, 4.69) is 4.84 Å². The molecule has 84 valence electrons. The van der Waals surface area contributed by atoms with Crippen molar-refractivity contribution in [2.45, 2.75) is 26.2 Å². The maximum Gasteiger partial charge on any atom is 0.332 e. The molecule has 1 rings (SSSR count). The number of carbonyl (C=O) groups excluding carboxylic acids is 3. The minimum absolute atomic E-state index is 0.135. The minimum atomic E-state index is -0.571. The molecular weight excluding hydrogens is 208 g/mol. The van der Waals surface area contributed by atoms with E-state index in [-0.39, 0.29) is 19.3 Å². The first kappa shape index (κ1) is 13.0. The molecular formula is C7H10N2O6. The van der Waals surface area contributed by atoms with Crippen molar-refractivity contribution in [3.63, 3.8) is 0 Å². The molecule has 1 heterocycles. The van der Waals surface area contributed by atoms with Gasteiger partial charge in [0.2, 0.25) is 0 Å². The number of amides is 2. The molecule has 1 aliphatic rings. The standard InChI is InChI=1S/C7H9NO4.HNO2/c1-2-7(11)12-8-5(9)3-4-6(8)10;2-1-3/h2-4H2,1H3;(H,2,3). The zero-order valence-electron chi connectivity index (χ0n) is 8.00. The van der Waals surface area contributed by atoms with Crippen molar-refractivity contribution in [2.24, 2.45) is 5.34 Å². The zero-order chi connectivity index (χ0) is 11.8. The van der Waals surface area contributed by atoms with Crippen LogP contribution in [0.1, 0.15) is 26.2 Å². The van der Waals surface area contributed by atoms with E-state index < -0.39 is 17.8 Å². The monoisotopic (exact) mass is 218 g/mol. The predicted octanol–water partition coefficient (Wildman–Crippen LogP) is 0.146. The van der Waals surface area contributed by atoms with E-state index in [9.17, 15) is 14.4 Å². The first-order valence-electron chi connectivity index (χ1n) is 4.10. The molecule has 2 amide bonds. The van der Waals surface area contributed by atoms with Gasteiger partial charge in [0.1, 0.15) is 0 Å². The summed E-state index contributed by atoms with van der Waals surface area (Å²) >= 11 is 0. The highest BCUT2D eigenvalue weighted by atomic mass is 16.7. The van der Waals surface area contributed by atoms with Crippen LogP contribution in [0.2, 0.25) is 0 Å². The van der Waals surface area contributed by atoms with E-state index in [4.69, 9.17) is 10.1 Å². The molecule has 0 aliphatic carbocycles. The molecule has 0 bridgehead atoms. The Bertz CT molecular complexity index is 261. The number of nitrogens with zero attached hydrogens (tertiary/aromatic N) is 2. The summed E-state index contributed by atoms with van der Waals surface area (Å²) < 4.78 is 0. The van der Waals surface area contributed by atoms with Gasteiger partial charge in [-0.25, -0.2) is 4.79 Å². The van der Waals surface area contributed by atoms with Crippen molar-refractivity contribution in [2.75, 3.05) is 0 Å². The van der Waals surface area contributed by atoms with Gasteiger partial charge in [-0.05, 0) is 0 Å². The molecule has 8 heteroatoms. The quantitative estimate of drug-likeness (QED) is 0.400. The number of rotatable bonds is 2. The number of imide groups is 1. The van der Waals surface area contributed by atoms with E-state index in [1.54, 1.807) is 6.92 Å². The van der Waals surface area contributed by atoms with Gasteiger partial charge in [0.05, 0.1) is 0 Å². The highest BCUT2D eigenvalue weighted by Gasteiger charge is 2.32. The van der Waals surface area contributed by atoms with Crippen molar-refractivity contribution in [1.29, 1.82) is 0 Å². The van der Waals surface area contributed by atoms with Crippen LogP contribution in [-0.4, -0.2) is 28.1 Å². The fourth-order valence-corrected chi connectivity index (χ4v) is 0.824. The Labute approximate surface area is 84.7 Å². The molecule has 0 aromatic heterocycles. The fraction of sp³-hybridized carbons (Fsp3) is 0.571. The van der Waals surface area contributed by atoms with Gasteiger partial charge in [0, 0.05) is 19.3 Å². The SMILES string of the molecule is CCC(=O)ON1C(=O)CCC1=O.O=NO. The van der Waals surface area contributed by atoms with Crippen LogP contribution >= 0.6 is 0 Å². The Hall–Kier alpha value is -1.99. The summed E-state index contributed by atoms with van der Waals surface area (Å²) in [4.78, 5) is 45.0. The van der Waals surface area contributed by atoms with Crippen LogP contribution in [0.3, 0.4) is 0 Å². The fourth-order valence-electron chi connectivity index (χ4n) is 0.824. The lowest BCUT2D eigenvalue weighted by atomic mass is 10.4. The van der Waals surface area contributed by atoms with E-state index in [1.807, 2.05) is 0 Å². The van der Waals surface area contributed by atoms with Crippen LogP contribution in [0.5, 0.6) is 0 Å². The van der Waals surface area contributed by atoms with Crippen LogP contribution in [0.15, 0.2) is 5.34 Å². The second kappa shape index (κ2) is 6.46. The largest absolute Gasteiger partial charge is 0.379 e. The summed E-state index contributed by atoms with van der Waals surface area (Å²) in [6, 6.07) is 0. The minimum Gasteiger partial charge on any atom is -0.379 e. The third kappa shape index (κ3) is 4.16. The van der Waals surface area contributed by atoms with E-state index in [0.717, 1.165) is 0 Å². The predicted molar refractivity (Wildman–Crippen MR) is 45.1 cm³/mol. The lowest BCUT2D eigenvalue weighted by Gasteiger charge is -2.10. The van der Waals surface area contributed by atoms with Crippen molar-refractivity contribution in [3.05, 3.63) is 4.91 Å². The molecule has 0 atom stereocenters. The van der Waals surface area contributed by atoms with Gasteiger partial charge in [0.25, 0.3) is 11.8 Å². The first-order chi connectivity index (χ1) is 7.06. The summed E-state index contributed by atoms with van der Waals surface area (Å²) in [5, 5.41) is 8.44. The Morgan fingerprint density at radius 2 is 1.87 bits per heavy atom. The van der Waals surface area contributed by atoms with Crippen molar-refractivity contribution >= 4 is 17.8 Å². The van der Waals surface area contributed by atoms with E-state index in [1.165, 1.54) is 5.34 Å². The Kier molecular flexibility index (Phi) is 5.60. The van der Waals surface area contributed by atoms with Gasteiger partial charge in [-0.3, -0.25) is 9.59 Å². The van der Waals surface area contributed by atoms with Crippen molar-refractivity contribution < 1.29 is 24.4 Å². The van der Waals surface area contributed by atoms with Crippen LogP contribution in [0.4, 0.5) is 0 Å². The van der Waals surface area contributed by atoms with Crippen LogP contribution in [-0.2, 0) is 19.2 Å². The van der Waals surface area contributed by atoms with Gasteiger partial charge in [-0.1, -0.05) is 6.92 Å². The van der Waals surface area contributed by atoms with Crippen LogP contribution < -0.4 is 0 Å². The third-order valence-corrected chi connectivity index (χ3v) is 1.49. The second-order valence-electron chi connectivity index (χ2n) is 2.48. The number of hydroxylamine groups is 2. The van der Waals surface area contributed by atoms with Crippen molar-refractivity contribution in [1.82, 2.24) is 5.06 Å². The zero-order valence-corrected chi connectivity index (χ0v) is 8.00. The summed E-state index contributed by atoms with van der Waals surface area (Å²) in [5.41, 5.74) is 0. The third-order valence-electron chi connectivity index (χ3n) is 1.49. The number of carbonyl (C=O) groups is 3. The molecule has 0 spiro atoms. The molecule has 1 saturated heterocycles. The first-order valence-corrected chi connectivity index (χ1v) is 4.10. The van der Waals surface area contributed by atoms with Gasteiger partial charge in [-0.15, -0.1) is 9.97 Å². The molecule has 0 aromatic rings. The second-order valence-corrected chi connectivity index (χ2v) is 2.48. The smallest absolute Gasteiger partial charge is 0.332 e. The average Bonchev–Trinajstić information content (AvgIpc) is 2.50. The summed E-state index contributed by atoms with van der Waals surface area (Å²) in [6.07, 6.45) is 0.419. The molecule has 0 saturated carbocycles. The molecule has 0 radical (unpaired) electrons. The van der Waals surface area contributed by atoms with Gasteiger partial charge in [0.15, 0.2) is 5.34 Å². The van der Waals surface area contributed by atoms with Gasteiger partial charge in [-0.2, -0.15) is 0 Å².